The molecule has 7 unspecified atom stereocenters. The summed E-state index contributed by atoms with van der Waals surface area (Å²) in [7, 11) is 0. The summed E-state index contributed by atoms with van der Waals surface area (Å²) in [5.74, 6) is 8.02. The zero-order valence-electron chi connectivity index (χ0n) is 22.8. The van der Waals surface area contributed by atoms with Crippen LogP contribution in [-0.2, 0) is 19.1 Å². The summed E-state index contributed by atoms with van der Waals surface area (Å²) in [6, 6.07) is 0. The predicted octanol–water partition coefficient (Wildman–Crippen LogP) is 6.94. The Morgan fingerprint density at radius 1 is 0.771 bits per heavy atom. The Labute approximate surface area is 212 Å². The first-order valence-electron chi connectivity index (χ1n) is 14.9. The molecule has 35 heavy (non-hydrogen) atoms. The molecule has 8 fully saturated rings. The van der Waals surface area contributed by atoms with Crippen molar-refractivity contribution >= 4 is 11.9 Å². The van der Waals surface area contributed by atoms with E-state index in [0.717, 1.165) is 60.2 Å². The molecule has 0 saturated heterocycles. The molecule has 8 aliphatic rings. The first-order valence-corrected chi connectivity index (χ1v) is 14.9. The van der Waals surface area contributed by atoms with E-state index < -0.39 is 0 Å². The van der Waals surface area contributed by atoms with Crippen LogP contribution in [0, 0.1) is 58.7 Å². The molecule has 0 aromatic carbocycles. The quantitative estimate of drug-likeness (QED) is 0.320. The summed E-state index contributed by atoms with van der Waals surface area (Å²) in [6.45, 7) is 9.62. The average molecular weight is 485 g/mol. The second-order valence-corrected chi connectivity index (χ2v) is 14.6. The van der Waals surface area contributed by atoms with Gasteiger partial charge in [-0.1, -0.05) is 6.92 Å². The van der Waals surface area contributed by atoms with Gasteiger partial charge in [0.2, 0.25) is 0 Å². The maximum absolute atomic E-state index is 11.5. The van der Waals surface area contributed by atoms with E-state index in [0.29, 0.717) is 5.92 Å². The lowest BCUT2D eigenvalue weighted by Crippen LogP contribution is -2.57. The number of ether oxygens (including phenoxy) is 2. The van der Waals surface area contributed by atoms with Gasteiger partial charge in [0.15, 0.2) is 0 Å². The number of rotatable bonds is 4. The fourth-order valence-electron chi connectivity index (χ4n) is 11.9. The number of fused-ring (bicyclic) bond motifs is 9. The lowest BCUT2D eigenvalue weighted by molar-refractivity contribution is -0.196. The van der Waals surface area contributed by atoms with Gasteiger partial charge in [-0.2, -0.15) is 0 Å². The minimum atomic E-state index is -0.269. The predicted molar refractivity (Wildman–Crippen MR) is 135 cm³/mol. The molecule has 0 N–H and O–H groups in total. The highest BCUT2D eigenvalue weighted by atomic mass is 16.6. The third-order valence-corrected chi connectivity index (χ3v) is 12.6. The molecule has 8 aliphatic carbocycles. The van der Waals surface area contributed by atoms with Crippen LogP contribution in [-0.4, -0.2) is 23.1 Å². The van der Waals surface area contributed by atoms with Gasteiger partial charge in [-0.05, 0) is 138 Å². The first-order chi connectivity index (χ1) is 16.5. The van der Waals surface area contributed by atoms with Crippen molar-refractivity contribution in [2.45, 2.75) is 123 Å². The summed E-state index contributed by atoms with van der Waals surface area (Å²) in [5, 5.41) is 0. The number of carbonyl (C=O) groups excluding carboxylic acids is 2. The van der Waals surface area contributed by atoms with Crippen molar-refractivity contribution < 1.29 is 19.1 Å². The van der Waals surface area contributed by atoms with E-state index in [1.807, 2.05) is 0 Å². The molecular weight excluding hydrogens is 436 g/mol. The van der Waals surface area contributed by atoms with Gasteiger partial charge in [0.25, 0.3) is 0 Å². The average Bonchev–Trinajstić information content (AvgIpc) is 3.51. The van der Waals surface area contributed by atoms with E-state index in [9.17, 15) is 9.59 Å². The Balaban J connectivity index is 0.000000131. The van der Waals surface area contributed by atoms with E-state index in [4.69, 9.17) is 9.47 Å². The lowest BCUT2D eigenvalue weighted by atomic mass is 9.46. The Morgan fingerprint density at radius 3 is 1.86 bits per heavy atom. The van der Waals surface area contributed by atoms with Crippen molar-refractivity contribution in [3.8, 4) is 0 Å². The SMILES string of the molecule is CC(=O)OC(C)(C)C12CC3CC(CC(C3)C1)C2.CCC1(OC(C)=O)CC2CC1C1C3CCC(C3)C21. The Bertz CT molecular complexity index is 840. The number of carbonyl (C=O) groups is 2. The van der Waals surface area contributed by atoms with Crippen LogP contribution in [0.15, 0.2) is 0 Å². The molecule has 0 radical (unpaired) electrons. The van der Waals surface area contributed by atoms with Crippen molar-refractivity contribution in [2.24, 2.45) is 58.7 Å². The normalized spacial score (nSPS) is 50.0. The maximum Gasteiger partial charge on any atom is 0.303 e. The largest absolute Gasteiger partial charge is 0.459 e. The van der Waals surface area contributed by atoms with Crippen LogP contribution in [0.2, 0.25) is 0 Å². The molecule has 0 aromatic rings. The lowest BCUT2D eigenvalue weighted by Gasteiger charge is -2.61. The van der Waals surface area contributed by atoms with Gasteiger partial charge in [-0.15, -0.1) is 0 Å². The highest BCUT2D eigenvalue weighted by Crippen LogP contribution is 2.71. The van der Waals surface area contributed by atoms with Gasteiger partial charge in [0, 0.05) is 25.2 Å². The van der Waals surface area contributed by atoms with Crippen molar-refractivity contribution in [2.75, 3.05) is 0 Å². The molecule has 7 atom stereocenters. The van der Waals surface area contributed by atoms with Crippen LogP contribution in [0.25, 0.3) is 0 Å². The molecule has 196 valence electrons. The third-order valence-electron chi connectivity index (χ3n) is 12.6. The number of esters is 2. The fraction of sp³-hybridized carbons (Fsp3) is 0.935. The van der Waals surface area contributed by atoms with Crippen molar-refractivity contribution in [3.63, 3.8) is 0 Å². The summed E-state index contributed by atoms with van der Waals surface area (Å²) in [6.07, 6.45) is 16.2. The van der Waals surface area contributed by atoms with Crippen LogP contribution in [0.3, 0.4) is 0 Å². The van der Waals surface area contributed by atoms with Crippen LogP contribution in [0.1, 0.15) is 112 Å². The minimum absolute atomic E-state index is 0.0656. The van der Waals surface area contributed by atoms with E-state index in [1.165, 1.54) is 64.2 Å². The van der Waals surface area contributed by atoms with Crippen LogP contribution >= 0.6 is 0 Å². The van der Waals surface area contributed by atoms with Gasteiger partial charge in [-0.3, -0.25) is 9.59 Å². The molecule has 8 bridgehead atoms. The standard InChI is InChI=1S/C16H24O2.C15H24O2/c1-3-16(18-9(2)17)8-12-7-13(16)15-11-5-4-10(6-11)14(12)15;1-10(16)17-14(2,3)15-7-11-4-12(8-15)6-13(5-11)9-15/h10-15H,3-8H2,1-2H3;11-13H,4-9H2,1-3H3. The molecule has 4 nitrogen and oxygen atoms in total. The molecule has 0 aromatic heterocycles. The first kappa shape index (κ1) is 24.3. The molecular formula is C31H48O4. The van der Waals surface area contributed by atoms with E-state index in [1.54, 1.807) is 13.8 Å². The topological polar surface area (TPSA) is 52.6 Å². The Hall–Kier alpha value is -1.06. The second-order valence-electron chi connectivity index (χ2n) is 14.6. The fourth-order valence-corrected chi connectivity index (χ4v) is 11.9. The van der Waals surface area contributed by atoms with Gasteiger partial charge in [0.1, 0.15) is 11.2 Å². The van der Waals surface area contributed by atoms with E-state index >= 15 is 0 Å². The number of hydrogen-bond donors (Lipinski definition) is 0. The second kappa shape index (κ2) is 8.22. The van der Waals surface area contributed by atoms with Gasteiger partial charge < -0.3 is 9.47 Å². The summed E-state index contributed by atoms with van der Waals surface area (Å²) in [4.78, 5) is 22.8. The van der Waals surface area contributed by atoms with E-state index in [-0.39, 0.29) is 28.6 Å². The third kappa shape index (κ3) is 3.73. The number of hydrogen-bond acceptors (Lipinski definition) is 4. The van der Waals surface area contributed by atoms with E-state index in [2.05, 4.69) is 20.8 Å². The molecule has 8 saturated carbocycles. The van der Waals surface area contributed by atoms with Crippen LogP contribution in [0.4, 0.5) is 0 Å². The van der Waals surface area contributed by atoms with Crippen LogP contribution < -0.4 is 0 Å². The minimum Gasteiger partial charge on any atom is -0.459 e. The molecule has 4 heteroatoms. The van der Waals surface area contributed by atoms with Crippen molar-refractivity contribution in [3.05, 3.63) is 0 Å². The molecule has 0 amide bonds. The van der Waals surface area contributed by atoms with Crippen molar-refractivity contribution in [1.82, 2.24) is 0 Å². The van der Waals surface area contributed by atoms with Gasteiger partial charge in [0.05, 0.1) is 0 Å². The van der Waals surface area contributed by atoms with Crippen LogP contribution in [0.5, 0.6) is 0 Å². The van der Waals surface area contributed by atoms with Gasteiger partial charge >= 0.3 is 11.9 Å². The summed E-state index contributed by atoms with van der Waals surface area (Å²) < 4.78 is 11.5. The highest BCUT2D eigenvalue weighted by molar-refractivity contribution is 5.67. The Morgan fingerprint density at radius 2 is 1.34 bits per heavy atom. The molecule has 0 heterocycles. The van der Waals surface area contributed by atoms with Crippen molar-refractivity contribution in [1.29, 1.82) is 0 Å². The zero-order chi connectivity index (χ0) is 24.8. The van der Waals surface area contributed by atoms with Gasteiger partial charge in [-0.25, -0.2) is 0 Å². The molecule has 0 spiro atoms. The smallest absolute Gasteiger partial charge is 0.303 e. The monoisotopic (exact) mass is 484 g/mol. The summed E-state index contributed by atoms with van der Waals surface area (Å²) in [5.41, 5.74) is -0.0651. The highest BCUT2D eigenvalue weighted by Gasteiger charge is 2.67. The zero-order valence-corrected chi connectivity index (χ0v) is 22.8. The molecule has 0 aliphatic heterocycles. The Kier molecular flexibility index (Phi) is 5.70. The maximum atomic E-state index is 11.5. The summed E-state index contributed by atoms with van der Waals surface area (Å²) >= 11 is 0. The molecule has 8 rings (SSSR count).